The lowest BCUT2D eigenvalue weighted by atomic mass is 10.1. The van der Waals surface area contributed by atoms with Crippen molar-refractivity contribution in [3.63, 3.8) is 0 Å². The van der Waals surface area contributed by atoms with Gasteiger partial charge in [-0.05, 0) is 56.2 Å². The van der Waals surface area contributed by atoms with Crippen LogP contribution in [0.5, 0.6) is 0 Å². The maximum absolute atomic E-state index is 13.5. The number of benzene rings is 1. The monoisotopic (exact) mass is 355 g/mol. The Morgan fingerprint density at radius 3 is 1.84 bits per heavy atom. The van der Waals surface area contributed by atoms with Crippen LogP contribution < -0.4 is 0 Å². The van der Waals surface area contributed by atoms with Gasteiger partial charge in [-0.15, -0.1) is 0 Å². The van der Waals surface area contributed by atoms with E-state index in [1.807, 2.05) is 55.7 Å². The Bertz CT molecular complexity index is 887. The molecule has 5 nitrogen and oxygen atoms in total. The first kappa shape index (κ1) is 16.2. The fourth-order valence-corrected chi connectivity index (χ4v) is 5.47. The lowest BCUT2D eigenvalue weighted by Gasteiger charge is -2.28. The van der Waals surface area contributed by atoms with Crippen LogP contribution in [-0.4, -0.2) is 22.7 Å². The van der Waals surface area contributed by atoms with E-state index in [1.165, 1.54) is 0 Å². The predicted molar refractivity (Wildman–Crippen MR) is 96.5 cm³/mol. The quantitative estimate of drug-likeness (QED) is 0.745. The molecule has 3 heterocycles. The van der Waals surface area contributed by atoms with Gasteiger partial charge < -0.3 is 9.97 Å². The number of hydrogen-bond acceptors (Lipinski definition) is 2. The average molecular weight is 355 g/mol. The molecule has 0 amide bonds. The Morgan fingerprint density at radius 1 is 0.880 bits per heavy atom. The summed E-state index contributed by atoms with van der Waals surface area (Å²) in [5, 5.41) is 0. The first-order valence-corrected chi connectivity index (χ1v) is 9.88. The van der Waals surface area contributed by atoms with E-state index in [2.05, 4.69) is 9.97 Å². The molecule has 6 heteroatoms. The fourth-order valence-electron chi connectivity index (χ4n) is 3.64. The minimum absolute atomic E-state index is 0.186. The van der Waals surface area contributed by atoms with Gasteiger partial charge in [-0.2, -0.15) is 4.31 Å². The Kier molecular flexibility index (Phi) is 4.01. The van der Waals surface area contributed by atoms with Gasteiger partial charge in [0, 0.05) is 23.8 Å². The zero-order valence-electron chi connectivity index (χ0n) is 14.0. The number of aromatic amines is 2. The maximum Gasteiger partial charge on any atom is 0.244 e. The van der Waals surface area contributed by atoms with Crippen LogP contribution in [0, 0.1) is 6.92 Å². The van der Waals surface area contributed by atoms with Crippen molar-refractivity contribution in [1.82, 2.24) is 14.3 Å². The minimum Gasteiger partial charge on any atom is -0.364 e. The molecule has 4 rings (SSSR count). The van der Waals surface area contributed by atoms with Crippen LogP contribution in [0.25, 0.3) is 0 Å². The third-order valence-electron chi connectivity index (χ3n) is 4.89. The molecular formula is C19H21N3O2S. The van der Waals surface area contributed by atoms with E-state index in [0.29, 0.717) is 4.90 Å². The summed E-state index contributed by atoms with van der Waals surface area (Å²) in [5.74, 6) is 0. The Labute approximate surface area is 147 Å². The second-order valence-corrected chi connectivity index (χ2v) is 8.35. The predicted octanol–water partition coefficient (Wildman–Crippen LogP) is 3.92. The van der Waals surface area contributed by atoms with Crippen molar-refractivity contribution in [1.29, 1.82) is 0 Å². The van der Waals surface area contributed by atoms with E-state index in [1.54, 1.807) is 16.4 Å². The van der Waals surface area contributed by atoms with Crippen molar-refractivity contribution in [2.24, 2.45) is 0 Å². The molecule has 0 aliphatic carbocycles. The summed E-state index contributed by atoms with van der Waals surface area (Å²) in [6.45, 7) is 1.95. The van der Waals surface area contributed by atoms with Crippen LogP contribution in [0.2, 0.25) is 0 Å². The molecule has 0 spiro atoms. The van der Waals surface area contributed by atoms with Gasteiger partial charge in [0.1, 0.15) is 0 Å². The molecule has 3 aromatic rings. The lowest BCUT2D eigenvalue weighted by molar-refractivity contribution is 0.323. The molecule has 1 aliphatic rings. The van der Waals surface area contributed by atoms with Gasteiger partial charge in [0.2, 0.25) is 10.0 Å². The van der Waals surface area contributed by atoms with Crippen molar-refractivity contribution < 1.29 is 8.42 Å². The summed E-state index contributed by atoms with van der Waals surface area (Å²) in [5.41, 5.74) is 2.91. The van der Waals surface area contributed by atoms with Crippen LogP contribution in [0.3, 0.4) is 0 Å². The average Bonchev–Trinajstić information content (AvgIpc) is 3.34. The molecule has 0 saturated carbocycles. The standard InChI is InChI=1S/C19H21N3O2S/c1-14-6-8-15(9-7-14)25(23,24)22-18(16-4-2-12-20-16)10-11-19(22)17-5-3-13-21-17/h2-9,12-13,18-21H,10-11H2,1H3/t18-,19+. The second-order valence-electron chi connectivity index (χ2n) is 6.51. The van der Waals surface area contributed by atoms with Crippen molar-refractivity contribution in [2.45, 2.75) is 36.7 Å². The number of nitrogens with zero attached hydrogens (tertiary/aromatic N) is 1. The highest BCUT2D eigenvalue weighted by molar-refractivity contribution is 7.89. The molecule has 2 atom stereocenters. The van der Waals surface area contributed by atoms with Gasteiger partial charge >= 0.3 is 0 Å². The molecule has 0 bridgehead atoms. The first-order chi connectivity index (χ1) is 12.1. The summed E-state index contributed by atoms with van der Waals surface area (Å²) in [7, 11) is -3.61. The second kappa shape index (κ2) is 6.20. The molecule has 1 aromatic carbocycles. The highest BCUT2D eigenvalue weighted by Crippen LogP contribution is 2.46. The molecule has 2 aromatic heterocycles. The zero-order chi connectivity index (χ0) is 17.4. The third kappa shape index (κ3) is 2.81. The molecule has 25 heavy (non-hydrogen) atoms. The van der Waals surface area contributed by atoms with E-state index in [9.17, 15) is 8.42 Å². The number of H-pyrrole nitrogens is 2. The molecule has 1 saturated heterocycles. The normalized spacial score (nSPS) is 21.6. The summed E-state index contributed by atoms with van der Waals surface area (Å²) in [6, 6.07) is 14.4. The topological polar surface area (TPSA) is 69.0 Å². The first-order valence-electron chi connectivity index (χ1n) is 8.44. The van der Waals surface area contributed by atoms with Crippen LogP contribution in [0.4, 0.5) is 0 Å². The molecule has 130 valence electrons. The minimum atomic E-state index is -3.61. The third-order valence-corrected chi connectivity index (χ3v) is 6.82. The van der Waals surface area contributed by atoms with E-state index in [4.69, 9.17) is 0 Å². The number of nitrogens with one attached hydrogen (secondary N) is 2. The van der Waals surface area contributed by atoms with Crippen molar-refractivity contribution in [2.75, 3.05) is 0 Å². The Hall–Kier alpha value is -2.31. The largest absolute Gasteiger partial charge is 0.364 e. The zero-order valence-corrected chi connectivity index (χ0v) is 14.8. The number of hydrogen-bond donors (Lipinski definition) is 2. The van der Waals surface area contributed by atoms with Gasteiger partial charge in [0.25, 0.3) is 0 Å². The van der Waals surface area contributed by atoms with Gasteiger partial charge in [-0.25, -0.2) is 8.42 Å². The summed E-state index contributed by atoms with van der Waals surface area (Å²) in [6.07, 6.45) is 5.26. The highest BCUT2D eigenvalue weighted by atomic mass is 32.2. The van der Waals surface area contributed by atoms with E-state index in [0.717, 1.165) is 29.8 Å². The Balaban J connectivity index is 1.81. The molecule has 1 fully saturated rings. The summed E-state index contributed by atoms with van der Waals surface area (Å²) >= 11 is 0. The highest BCUT2D eigenvalue weighted by Gasteiger charge is 2.44. The number of aryl methyl sites for hydroxylation is 1. The SMILES string of the molecule is Cc1ccc(S(=O)(=O)N2[C@@H](c3ccc[nH]3)CC[C@H]2c2ccc[nH]2)cc1. The number of rotatable bonds is 4. The number of aromatic nitrogens is 2. The molecule has 1 aliphatic heterocycles. The van der Waals surface area contributed by atoms with Crippen LogP contribution in [0.15, 0.2) is 65.8 Å². The summed E-state index contributed by atoms with van der Waals surface area (Å²) in [4.78, 5) is 6.72. The van der Waals surface area contributed by atoms with Gasteiger partial charge in [0.05, 0.1) is 17.0 Å². The smallest absolute Gasteiger partial charge is 0.244 e. The maximum atomic E-state index is 13.5. The fraction of sp³-hybridized carbons (Fsp3) is 0.263. The molecule has 2 N–H and O–H groups in total. The molecule has 0 radical (unpaired) electrons. The summed E-state index contributed by atoms with van der Waals surface area (Å²) < 4.78 is 28.6. The van der Waals surface area contributed by atoms with Crippen LogP contribution >= 0.6 is 0 Å². The van der Waals surface area contributed by atoms with Gasteiger partial charge in [-0.3, -0.25) is 0 Å². The molecule has 0 unspecified atom stereocenters. The van der Waals surface area contributed by atoms with Crippen molar-refractivity contribution in [3.05, 3.63) is 77.9 Å². The van der Waals surface area contributed by atoms with Crippen LogP contribution in [-0.2, 0) is 10.0 Å². The lowest BCUT2D eigenvalue weighted by Crippen LogP contribution is -2.33. The van der Waals surface area contributed by atoms with Crippen molar-refractivity contribution >= 4 is 10.0 Å². The number of sulfonamides is 1. The van der Waals surface area contributed by atoms with Gasteiger partial charge in [0.15, 0.2) is 0 Å². The van der Waals surface area contributed by atoms with E-state index >= 15 is 0 Å². The molecular weight excluding hydrogens is 334 g/mol. The Morgan fingerprint density at radius 2 is 1.40 bits per heavy atom. The van der Waals surface area contributed by atoms with Crippen molar-refractivity contribution in [3.8, 4) is 0 Å². The van der Waals surface area contributed by atoms with E-state index in [-0.39, 0.29) is 12.1 Å². The van der Waals surface area contributed by atoms with E-state index < -0.39 is 10.0 Å². The van der Waals surface area contributed by atoms with Gasteiger partial charge in [-0.1, -0.05) is 17.7 Å². The van der Waals surface area contributed by atoms with Crippen LogP contribution in [0.1, 0.15) is 41.9 Å².